The van der Waals surface area contributed by atoms with Crippen LogP contribution in [-0.4, -0.2) is 47.0 Å². The van der Waals surface area contributed by atoms with E-state index < -0.39 is 0 Å². The number of nitrogens with one attached hydrogen (secondary N) is 1. The Balaban J connectivity index is 1.77. The molecule has 4 aromatic rings. The summed E-state index contributed by atoms with van der Waals surface area (Å²) in [6, 6.07) is 19.6. The number of amides is 2. The molecule has 0 aliphatic carbocycles. The molecule has 7 nitrogen and oxygen atoms in total. The number of methoxy groups -OCH3 is 1. The minimum atomic E-state index is -0.211. The molecule has 0 spiro atoms. The van der Waals surface area contributed by atoms with E-state index in [0.29, 0.717) is 5.82 Å². The maximum atomic E-state index is 13.6. The summed E-state index contributed by atoms with van der Waals surface area (Å²) in [5.41, 5.74) is 4.56. The second-order valence-electron chi connectivity index (χ2n) is 9.01. The first kappa shape index (κ1) is 25.1. The molecule has 2 amide bonds. The number of ether oxygens (including phenoxy) is 1. The Labute approximate surface area is 224 Å². The number of carbonyl (C=O) groups excluding carboxylic acids is 2. The number of anilines is 1. The van der Waals surface area contributed by atoms with Gasteiger partial charge >= 0.3 is 0 Å². The van der Waals surface area contributed by atoms with Gasteiger partial charge in [-0.1, -0.05) is 30.3 Å². The van der Waals surface area contributed by atoms with Gasteiger partial charge in [0.15, 0.2) is 0 Å². The number of hydrogen-bond acceptors (Lipinski definition) is 6. The topological polar surface area (TPSA) is 76.5 Å². The first-order valence-electron chi connectivity index (χ1n) is 12.0. The smallest absolute Gasteiger partial charge is 0.240 e. The van der Waals surface area contributed by atoms with E-state index in [1.807, 2.05) is 73.8 Å². The quantitative estimate of drug-likeness (QED) is 0.349. The van der Waals surface area contributed by atoms with Gasteiger partial charge in [0.1, 0.15) is 18.1 Å². The van der Waals surface area contributed by atoms with Crippen LogP contribution in [0, 0.1) is 0 Å². The molecule has 3 heterocycles. The number of thiophene rings is 1. The van der Waals surface area contributed by atoms with Crippen molar-refractivity contribution in [2.75, 3.05) is 24.3 Å². The Morgan fingerprint density at radius 2 is 1.89 bits per heavy atom. The summed E-state index contributed by atoms with van der Waals surface area (Å²) in [5.74, 6) is 1.26. The average molecular weight is 533 g/mol. The summed E-state index contributed by atoms with van der Waals surface area (Å²) in [6.45, 7) is 3.73. The number of thioether (sulfide) groups is 1. The molecule has 1 aliphatic rings. The van der Waals surface area contributed by atoms with Crippen LogP contribution in [0.3, 0.4) is 0 Å². The molecule has 9 heteroatoms. The molecule has 0 bridgehead atoms. The lowest BCUT2D eigenvalue weighted by Crippen LogP contribution is -2.44. The summed E-state index contributed by atoms with van der Waals surface area (Å²) in [5, 5.41) is 12.1. The summed E-state index contributed by atoms with van der Waals surface area (Å²) >= 11 is 3.20. The van der Waals surface area contributed by atoms with Crippen molar-refractivity contribution in [2.24, 2.45) is 0 Å². The van der Waals surface area contributed by atoms with Crippen molar-refractivity contribution in [3.8, 4) is 22.7 Å². The van der Waals surface area contributed by atoms with Crippen LogP contribution in [0.1, 0.15) is 30.2 Å². The van der Waals surface area contributed by atoms with Crippen LogP contribution in [0.15, 0.2) is 71.4 Å². The van der Waals surface area contributed by atoms with Crippen LogP contribution in [0.25, 0.3) is 16.9 Å². The number of nitrogens with zero attached hydrogens (tertiary/aromatic N) is 3. The average Bonchev–Trinajstić information content (AvgIpc) is 3.54. The van der Waals surface area contributed by atoms with E-state index in [-0.39, 0.29) is 35.4 Å². The number of carbonyl (C=O) groups is 2. The van der Waals surface area contributed by atoms with Crippen molar-refractivity contribution >= 4 is 40.7 Å². The van der Waals surface area contributed by atoms with Gasteiger partial charge in [-0.05, 0) is 60.5 Å². The van der Waals surface area contributed by atoms with Crippen LogP contribution in [-0.2, 0) is 9.59 Å². The third-order valence-electron chi connectivity index (χ3n) is 6.05. The normalized spacial score (nSPS) is 15.4. The number of benzene rings is 2. The van der Waals surface area contributed by atoms with Gasteiger partial charge in [-0.25, -0.2) is 4.68 Å². The third-order valence-corrected chi connectivity index (χ3v) is 8.01. The van der Waals surface area contributed by atoms with E-state index in [1.54, 1.807) is 39.8 Å². The molecule has 0 fully saturated rings. The van der Waals surface area contributed by atoms with Crippen LogP contribution in [0.2, 0.25) is 0 Å². The number of rotatable bonds is 7. The summed E-state index contributed by atoms with van der Waals surface area (Å²) in [6.07, 6.45) is 0. The van der Waals surface area contributed by atoms with Gasteiger partial charge in [-0.3, -0.25) is 14.5 Å². The maximum absolute atomic E-state index is 13.6. The standard InChI is InChI=1S/C28H28N4O3S2/c1-18(2)29-23(33)15-31-24(34)17-37-27(20-13-14-36-16-20)25-26(19-7-5-4-6-8-19)30-32(28(25)31)21-9-11-22(35-3)12-10-21/h4-14,16,18,27H,15,17H2,1-3H3,(H,29,33)/t27-/m0/s1. The predicted molar refractivity (Wildman–Crippen MR) is 150 cm³/mol. The molecule has 5 rings (SSSR count). The predicted octanol–water partition coefficient (Wildman–Crippen LogP) is 5.30. The fraction of sp³-hybridized carbons (Fsp3) is 0.250. The van der Waals surface area contributed by atoms with Crippen molar-refractivity contribution in [3.63, 3.8) is 0 Å². The van der Waals surface area contributed by atoms with Crippen LogP contribution in [0.5, 0.6) is 5.75 Å². The zero-order chi connectivity index (χ0) is 25.9. The Morgan fingerprint density at radius 1 is 1.14 bits per heavy atom. The summed E-state index contributed by atoms with van der Waals surface area (Å²) in [7, 11) is 1.62. The maximum Gasteiger partial charge on any atom is 0.240 e. The van der Waals surface area contributed by atoms with Crippen molar-refractivity contribution in [2.45, 2.75) is 25.1 Å². The van der Waals surface area contributed by atoms with Gasteiger partial charge in [-0.2, -0.15) is 16.4 Å². The second kappa shape index (κ2) is 10.8. The van der Waals surface area contributed by atoms with Crippen molar-refractivity contribution in [1.82, 2.24) is 15.1 Å². The van der Waals surface area contributed by atoms with Crippen molar-refractivity contribution in [1.29, 1.82) is 0 Å². The Bertz CT molecular complexity index is 1380. The number of hydrogen-bond donors (Lipinski definition) is 1. The lowest BCUT2D eigenvalue weighted by Gasteiger charge is -2.23. The number of aromatic nitrogens is 2. The first-order valence-corrected chi connectivity index (χ1v) is 14.0. The Kier molecular flexibility index (Phi) is 7.34. The zero-order valence-electron chi connectivity index (χ0n) is 20.9. The molecule has 1 atom stereocenters. The monoisotopic (exact) mass is 532 g/mol. The highest BCUT2D eigenvalue weighted by Crippen LogP contribution is 2.48. The lowest BCUT2D eigenvalue weighted by atomic mass is 10.0. The first-order chi connectivity index (χ1) is 18.0. The van der Waals surface area contributed by atoms with Gasteiger partial charge in [0.25, 0.3) is 0 Å². The van der Waals surface area contributed by atoms with Gasteiger partial charge in [0.05, 0.1) is 29.5 Å². The highest BCUT2D eigenvalue weighted by atomic mass is 32.2. The van der Waals surface area contributed by atoms with Crippen LogP contribution < -0.4 is 15.0 Å². The molecule has 37 heavy (non-hydrogen) atoms. The third kappa shape index (κ3) is 5.14. The summed E-state index contributed by atoms with van der Waals surface area (Å²) < 4.78 is 7.15. The van der Waals surface area contributed by atoms with E-state index in [9.17, 15) is 9.59 Å². The highest BCUT2D eigenvalue weighted by molar-refractivity contribution is 8.00. The van der Waals surface area contributed by atoms with E-state index >= 15 is 0 Å². The second-order valence-corrected chi connectivity index (χ2v) is 10.9. The van der Waals surface area contributed by atoms with Crippen LogP contribution >= 0.6 is 23.1 Å². The highest BCUT2D eigenvalue weighted by Gasteiger charge is 2.37. The van der Waals surface area contributed by atoms with E-state index in [2.05, 4.69) is 16.8 Å². The number of fused-ring (bicyclic) bond motifs is 1. The van der Waals surface area contributed by atoms with Gasteiger partial charge in [-0.15, -0.1) is 11.8 Å². The molecule has 0 unspecified atom stereocenters. The molecule has 0 saturated heterocycles. The molecule has 190 valence electrons. The van der Waals surface area contributed by atoms with Crippen molar-refractivity contribution < 1.29 is 14.3 Å². The van der Waals surface area contributed by atoms with Gasteiger partial charge < -0.3 is 10.1 Å². The van der Waals surface area contributed by atoms with Crippen LogP contribution in [0.4, 0.5) is 5.82 Å². The zero-order valence-corrected chi connectivity index (χ0v) is 22.5. The molecular weight excluding hydrogens is 504 g/mol. The molecule has 1 N–H and O–H groups in total. The molecule has 0 radical (unpaired) electrons. The Hall–Kier alpha value is -3.56. The SMILES string of the molecule is COc1ccc(-n2nc(-c3ccccc3)c3c2N(CC(=O)NC(C)C)C(=O)CS[C@H]3c2ccsc2)cc1. The van der Waals surface area contributed by atoms with E-state index in [1.165, 1.54) is 0 Å². The molecule has 2 aromatic heterocycles. The minimum absolute atomic E-state index is 0.0339. The fourth-order valence-corrected chi connectivity index (χ4v) is 6.39. The summed E-state index contributed by atoms with van der Waals surface area (Å²) in [4.78, 5) is 28.2. The molecule has 2 aromatic carbocycles. The van der Waals surface area contributed by atoms with Gasteiger partial charge in [0.2, 0.25) is 11.8 Å². The van der Waals surface area contributed by atoms with E-state index in [0.717, 1.165) is 33.8 Å². The molecular formula is C28H28N4O3S2. The molecule has 0 saturated carbocycles. The van der Waals surface area contributed by atoms with E-state index in [4.69, 9.17) is 9.84 Å². The Morgan fingerprint density at radius 3 is 2.54 bits per heavy atom. The van der Waals surface area contributed by atoms with Gasteiger partial charge in [0, 0.05) is 17.2 Å². The molecule has 1 aliphatic heterocycles. The largest absolute Gasteiger partial charge is 0.497 e. The fourth-order valence-electron chi connectivity index (χ4n) is 4.43. The lowest BCUT2D eigenvalue weighted by molar-refractivity contribution is -0.123. The van der Waals surface area contributed by atoms with Crippen molar-refractivity contribution in [3.05, 3.63) is 82.6 Å². The minimum Gasteiger partial charge on any atom is -0.497 e.